The van der Waals surface area contributed by atoms with Crippen molar-refractivity contribution >= 4 is 5.69 Å². The van der Waals surface area contributed by atoms with Crippen molar-refractivity contribution in [3.05, 3.63) is 24.3 Å². The van der Waals surface area contributed by atoms with E-state index in [9.17, 15) is 0 Å². The van der Waals surface area contributed by atoms with Gasteiger partial charge in [0.25, 0.3) is 0 Å². The van der Waals surface area contributed by atoms with Gasteiger partial charge in [-0.2, -0.15) is 0 Å². The standard InChI is InChI=1S/C16H24N2O/c1-2-19-16-7-5-13(6-8-16)17-14-9-11-18-10-3-4-15(18)12-14/h5-8,14-15,17H,2-4,9-12H2,1H3. The molecule has 2 fully saturated rings. The molecule has 3 rings (SSSR count). The Balaban J connectivity index is 1.56. The number of nitrogens with zero attached hydrogens (tertiary/aromatic N) is 1. The Labute approximate surface area is 115 Å². The van der Waals surface area contributed by atoms with E-state index in [0.29, 0.717) is 6.04 Å². The zero-order chi connectivity index (χ0) is 13.1. The summed E-state index contributed by atoms with van der Waals surface area (Å²) >= 11 is 0. The van der Waals surface area contributed by atoms with E-state index in [-0.39, 0.29) is 0 Å². The Hall–Kier alpha value is -1.22. The molecule has 0 aliphatic carbocycles. The number of anilines is 1. The Bertz CT molecular complexity index is 404. The monoisotopic (exact) mass is 260 g/mol. The zero-order valence-electron chi connectivity index (χ0n) is 11.8. The van der Waals surface area contributed by atoms with Crippen LogP contribution in [0.25, 0.3) is 0 Å². The Kier molecular flexibility index (Phi) is 3.92. The Morgan fingerprint density at radius 1 is 1.21 bits per heavy atom. The molecule has 3 nitrogen and oxygen atoms in total. The average Bonchev–Trinajstić information content (AvgIpc) is 2.89. The third-order valence-electron chi connectivity index (χ3n) is 4.36. The summed E-state index contributed by atoms with van der Waals surface area (Å²) in [6.07, 6.45) is 5.35. The van der Waals surface area contributed by atoms with Gasteiger partial charge in [0, 0.05) is 24.3 Å². The molecule has 0 amide bonds. The molecule has 1 aromatic carbocycles. The van der Waals surface area contributed by atoms with Crippen molar-refractivity contribution < 1.29 is 4.74 Å². The number of hydrogen-bond donors (Lipinski definition) is 1. The van der Waals surface area contributed by atoms with Crippen molar-refractivity contribution in [2.24, 2.45) is 0 Å². The van der Waals surface area contributed by atoms with Gasteiger partial charge < -0.3 is 15.0 Å². The van der Waals surface area contributed by atoms with E-state index in [1.165, 1.54) is 44.5 Å². The first-order valence-electron chi connectivity index (χ1n) is 7.58. The van der Waals surface area contributed by atoms with E-state index >= 15 is 0 Å². The number of rotatable bonds is 4. The van der Waals surface area contributed by atoms with Crippen molar-refractivity contribution in [3.63, 3.8) is 0 Å². The molecule has 2 aliphatic rings. The molecule has 0 saturated carbocycles. The number of benzene rings is 1. The Morgan fingerprint density at radius 3 is 2.84 bits per heavy atom. The smallest absolute Gasteiger partial charge is 0.119 e. The highest BCUT2D eigenvalue weighted by atomic mass is 16.5. The molecule has 3 heteroatoms. The molecule has 2 aliphatic heterocycles. The van der Waals surface area contributed by atoms with E-state index in [1.807, 2.05) is 6.92 Å². The summed E-state index contributed by atoms with van der Waals surface area (Å²) in [5.74, 6) is 0.957. The number of fused-ring (bicyclic) bond motifs is 1. The summed E-state index contributed by atoms with van der Waals surface area (Å²) in [4.78, 5) is 2.66. The third-order valence-corrected chi connectivity index (χ3v) is 4.36. The van der Waals surface area contributed by atoms with Gasteiger partial charge in [-0.15, -0.1) is 0 Å². The third kappa shape index (κ3) is 3.03. The van der Waals surface area contributed by atoms with Gasteiger partial charge in [-0.05, 0) is 63.4 Å². The lowest BCUT2D eigenvalue weighted by Crippen LogP contribution is -2.42. The van der Waals surface area contributed by atoms with Crippen LogP contribution in [0.15, 0.2) is 24.3 Å². The van der Waals surface area contributed by atoms with Crippen molar-refractivity contribution in [1.29, 1.82) is 0 Å². The first kappa shape index (κ1) is 12.8. The first-order valence-corrected chi connectivity index (χ1v) is 7.58. The van der Waals surface area contributed by atoms with Gasteiger partial charge in [-0.3, -0.25) is 0 Å². The van der Waals surface area contributed by atoms with Gasteiger partial charge >= 0.3 is 0 Å². The summed E-state index contributed by atoms with van der Waals surface area (Å²) in [6.45, 7) is 5.33. The van der Waals surface area contributed by atoms with Crippen LogP contribution in [0.1, 0.15) is 32.6 Å². The van der Waals surface area contributed by atoms with Crippen molar-refractivity contribution in [1.82, 2.24) is 4.90 Å². The normalized spacial score (nSPS) is 27.0. The topological polar surface area (TPSA) is 24.5 Å². The number of ether oxygens (including phenoxy) is 1. The van der Waals surface area contributed by atoms with Crippen molar-refractivity contribution in [2.45, 2.75) is 44.7 Å². The fraction of sp³-hybridized carbons (Fsp3) is 0.625. The van der Waals surface area contributed by atoms with Gasteiger partial charge in [0.2, 0.25) is 0 Å². The van der Waals surface area contributed by atoms with Crippen molar-refractivity contribution in [2.75, 3.05) is 25.0 Å². The summed E-state index contributed by atoms with van der Waals surface area (Å²) in [7, 11) is 0. The number of nitrogens with one attached hydrogen (secondary N) is 1. The molecule has 0 aromatic heterocycles. The molecule has 2 atom stereocenters. The van der Waals surface area contributed by atoms with Crippen LogP contribution in [0.3, 0.4) is 0 Å². The summed E-state index contributed by atoms with van der Waals surface area (Å²) in [5, 5.41) is 3.68. The highest BCUT2D eigenvalue weighted by Gasteiger charge is 2.31. The molecule has 2 heterocycles. The van der Waals surface area contributed by atoms with Crippen LogP contribution in [0.2, 0.25) is 0 Å². The van der Waals surface area contributed by atoms with E-state index in [4.69, 9.17) is 4.74 Å². The lowest BCUT2D eigenvalue weighted by atomic mass is 9.97. The lowest BCUT2D eigenvalue weighted by molar-refractivity contribution is 0.188. The number of hydrogen-bond acceptors (Lipinski definition) is 3. The second-order valence-electron chi connectivity index (χ2n) is 5.66. The Morgan fingerprint density at radius 2 is 2.05 bits per heavy atom. The maximum atomic E-state index is 5.47. The van der Waals surface area contributed by atoms with Gasteiger partial charge in [0.1, 0.15) is 5.75 Å². The maximum Gasteiger partial charge on any atom is 0.119 e. The molecular weight excluding hydrogens is 236 g/mol. The van der Waals surface area contributed by atoms with Crippen LogP contribution in [0, 0.1) is 0 Å². The van der Waals surface area contributed by atoms with Crippen LogP contribution in [-0.2, 0) is 0 Å². The molecule has 1 aromatic rings. The van der Waals surface area contributed by atoms with Crippen LogP contribution in [0.4, 0.5) is 5.69 Å². The minimum Gasteiger partial charge on any atom is -0.494 e. The summed E-state index contributed by atoms with van der Waals surface area (Å²) < 4.78 is 5.47. The number of piperidine rings is 1. The molecule has 2 saturated heterocycles. The lowest BCUT2D eigenvalue weighted by Gasteiger charge is -2.35. The van der Waals surface area contributed by atoms with Gasteiger partial charge in [-0.25, -0.2) is 0 Å². The molecule has 19 heavy (non-hydrogen) atoms. The quantitative estimate of drug-likeness (QED) is 0.900. The van der Waals surface area contributed by atoms with Crippen LogP contribution in [0.5, 0.6) is 5.75 Å². The molecule has 0 bridgehead atoms. The SMILES string of the molecule is CCOc1ccc(NC2CCN3CCCC3C2)cc1. The summed E-state index contributed by atoms with van der Waals surface area (Å²) in [5.41, 5.74) is 1.22. The van der Waals surface area contributed by atoms with Gasteiger partial charge in [0.15, 0.2) is 0 Å². The largest absolute Gasteiger partial charge is 0.494 e. The first-order chi connectivity index (χ1) is 9.35. The van der Waals surface area contributed by atoms with E-state index in [1.54, 1.807) is 0 Å². The van der Waals surface area contributed by atoms with E-state index in [0.717, 1.165) is 18.4 Å². The molecule has 0 radical (unpaired) electrons. The predicted octanol–water partition coefficient (Wildman–Crippen LogP) is 3.12. The second kappa shape index (κ2) is 5.83. The second-order valence-corrected chi connectivity index (χ2v) is 5.66. The fourth-order valence-corrected chi connectivity index (χ4v) is 3.41. The molecular formula is C16H24N2O. The van der Waals surface area contributed by atoms with Crippen LogP contribution >= 0.6 is 0 Å². The van der Waals surface area contributed by atoms with E-state index < -0.39 is 0 Å². The molecule has 104 valence electrons. The molecule has 2 unspecified atom stereocenters. The zero-order valence-corrected chi connectivity index (χ0v) is 11.8. The predicted molar refractivity (Wildman–Crippen MR) is 78.9 cm³/mol. The van der Waals surface area contributed by atoms with Crippen molar-refractivity contribution in [3.8, 4) is 5.75 Å². The minimum atomic E-state index is 0.636. The fourth-order valence-electron chi connectivity index (χ4n) is 3.41. The van der Waals surface area contributed by atoms with Gasteiger partial charge in [0.05, 0.1) is 6.61 Å². The van der Waals surface area contributed by atoms with Crippen LogP contribution < -0.4 is 10.1 Å². The molecule has 1 N–H and O–H groups in total. The van der Waals surface area contributed by atoms with E-state index in [2.05, 4.69) is 34.5 Å². The van der Waals surface area contributed by atoms with Crippen LogP contribution in [-0.4, -0.2) is 36.7 Å². The highest BCUT2D eigenvalue weighted by Crippen LogP contribution is 2.28. The average molecular weight is 260 g/mol. The summed E-state index contributed by atoms with van der Waals surface area (Å²) in [6, 6.07) is 9.83. The maximum absolute atomic E-state index is 5.47. The van der Waals surface area contributed by atoms with Gasteiger partial charge in [-0.1, -0.05) is 0 Å². The highest BCUT2D eigenvalue weighted by molar-refractivity contribution is 5.47. The minimum absolute atomic E-state index is 0.636. The molecule has 0 spiro atoms.